The van der Waals surface area contributed by atoms with Gasteiger partial charge in [-0.05, 0) is 6.92 Å². The lowest BCUT2D eigenvalue weighted by molar-refractivity contribution is -0.133. The second kappa shape index (κ2) is 1.43. The highest BCUT2D eigenvalue weighted by Crippen LogP contribution is 1.95. The van der Waals surface area contributed by atoms with Crippen LogP contribution in [-0.4, -0.2) is 11.7 Å². The molecule has 0 spiro atoms. The molecule has 0 aromatic rings. The molecule has 0 atom stereocenters. The number of carbonyl (C=O) groups excluding carboxylic acids is 2. The van der Waals surface area contributed by atoms with Crippen LogP contribution in [0.25, 0.3) is 0 Å². The molecule has 0 aromatic carbocycles. The summed E-state index contributed by atoms with van der Waals surface area (Å²) in [6.45, 7) is 1.67. The Bertz CT molecular complexity index is 181. The Hall–Kier alpha value is -1.12. The molecule has 1 aliphatic heterocycles. The molecule has 42 valence electrons. The average Bonchev–Trinajstić information content (AvgIpc) is 1.85. The maximum absolute atomic E-state index is 10.3. The van der Waals surface area contributed by atoms with Crippen molar-refractivity contribution in [1.29, 1.82) is 0 Å². The molecular formula is C5H5NO2. The maximum Gasteiger partial charge on any atom is 0.295 e. The van der Waals surface area contributed by atoms with Crippen LogP contribution < -0.4 is 5.32 Å². The first-order valence-corrected chi connectivity index (χ1v) is 2.24. The molecule has 1 rings (SSSR count). The van der Waals surface area contributed by atoms with Gasteiger partial charge in [0.25, 0.3) is 5.91 Å². The monoisotopic (exact) mass is 111 g/mol. The average molecular weight is 111 g/mol. The fraction of sp³-hybridized carbons (Fsp3) is 0.200. The van der Waals surface area contributed by atoms with Gasteiger partial charge in [0.1, 0.15) is 0 Å². The van der Waals surface area contributed by atoms with Crippen molar-refractivity contribution in [2.45, 2.75) is 6.92 Å². The van der Waals surface area contributed by atoms with Gasteiger partial charge in [-0.3, -0.25) is 9.59 Å². The molecule has 0 bridgehead atoms. The highest BCUT2D eigenvalue weighted by molar-refractivity contribution is 6.43. The summed E-state index contributed by atoms with van der Waals surface area (Å²) in [6, 6.07) is 0. The Kier molecular flexibility index (Phi) is 0.901. The predicted octanol–water partition coefficient (Wildman–Crippen LogP) is -0.411. The van der Waals surface area contributed by atoms with Crippen LogP contribution in [0.1, 0.15) is 6.92 Å². The Morgan fingerprint density at radius 1 is 1.50 bits per heavy atom. The van der Waals surface area contributed by atoms with E-state index in [1.807, 2.05) is 0 Å². The third-order valence-corrected chi connectivity index (χ3v) is 0.882. The quantitative estimate of drug-likeness (QED) is 0.432. The van der Waals surface area contributed by atoms with Crippen molar-refractivity contribution in [3.8, 4) is 0 Å². The van der Waals surface area contributed by atoms with Crippen molar-refractivity contribution in [1.82, 2.24) is 5.32 Å². The lowest BCUT2D eigenvalue weighted by Crippen LogP contribution is -2.19. The zero-order chi connectivity index (χ0) is 6.15. The van der Waals surface area contributed by atoms with E-state index in [9.17, 15) is 9.59 Å². The molecule has 1 aliphatic rings. The minimum Gasteiger partial charge on any atom is -0.323 e. The van der Waals surface area contributed by atoms with Gasteiger partial charge >= 0.3 is 0 Å². The number of ketones is 1. The van der Waals surface area contributed by atoms with E-state index in [4.69, 9.17) is 0 Å². The van der Waals surface area contributed by atoms with Crippen molar-refractivity contribution in [3.63, 3.8) is 0 Å². The molecule has 1 heterocycles. The Morgan fingerprint density at radius 2 is 2.12 bits per heavy atom. The highest BCUT2D eigenvalue weighted by atomic mass is 16.2. The number of hydrogen-bond donors (Lipinski definition) is 1. The Morgan fingerprint density at radius 3 is 2.25 bits per heavy atom. The molecule has 1 amide bonds. The predicted molar refractivity (Wildman–Crippen MR) is 26.9 cm³/mol. The van der Waals surface area contributed by atoms with Crippen molar-refractivity contribution in [3.05, 3.63) is 11.8 Å². The van der Waals surface area contributed by atoms with E-state index in [1.165, 1.54) is 6.08 Å². The van der Waals surface area contributed by atoms with Crippen molar-refractivity contribution >= 4 is 11.7 Å². The van der Waals surface area contributed by atoms with Gasteiger partial charge in [0.05, 0.1) is 0 Å². The number of carbonyl (C=O) groups is 2. The van der Waals surface area contributed by atoms with E-state index in [2.05, 4.69) is 5.32 Å². The fourth-order valence-corrected chi connectivity index (χ4v) is 0.539. The molecule has 3 nitrogen and oxygen atoms in total. The molecule has 0 fully saturated rings. The third kappa shape index (κ3) is 0.621. The molecule has 0 saturated carbocycles. The van der Waals surface area contributed by atoms with Crippen molar-refractivity contribution in [2.24, 2.45) is 0 Å². The normalized spacial score (nSPS) is 18.4. The van der Waals surface area contributed by atoms with Crippen LogP contribution in [0.15, 0.2) is 11.8 Å². The number of amides is 1. The summed E-state index contributed by atoms with van der Waals surface area (Å²) in [5, 5.41) is 2.34. The molecule has 3 heteroatoms. The number of rotatable bonds is 0. The minimum atomic E-state index is -0.525. The minimum absolute atomic E-state index is 0.456. The van der Waals surface area contributed by atoms with E-state index >= 15 is 0 Å². The summed E-state index contributed by atoms with van der Waals surface area (Å²) >= 11 is 0. The topological polar surface area (TPSA) is 46.2 Å². The lowest BCUT2D eigenvalue weighted by atomic mass is 10.4. The lowest BCUT2D eigenvalue weighted by Gasteiger charge is -1.86. The Labute approximate surface area is 46.4 Å². The second-order valence-electron chi connectivity index (χ2n) is 1.65. The third-order valence-electron chi connectivity index (χ3n) is 0.882. The first kappa shape index (κ1) is 5.03. The van der Waals surface area contributed by atoms with Crippen LogP contribution in [0, 0.1) is 0 Å². The van der Waals surface area contributed by atoms with Crippen molar-refractivity contribution in [2.75, 3.05) is 0 Å². The molecule has 8 heavy (non-hydrogen) atoms. The molecule has 0 radical (unpaired) electrons. The summed E-state index contributed by atoms with van der Waals surface area (Å²) in [4.78, 5) is 20.6. The van der Waals surface area contributed by atoms with Gasteiger partial charge < -0.3 is 5.32 Å². The van der Waals surface area contributed by atoms with E-state index in [-0.39, 0.29) is 0 Å². The summed E-state index contributed by atoms with van der Waals surface area (Å²) in [7, 11) is 0. The summed E-state index contributed by atoms with van der Waals surface area (Å²) < 4.78 is 0. The van der Waals surface area contributed by atoms with Crippen LogP contribution in [0.5, 0.6) is 0 Å². The van der Waals surface area contributed by atoms with E-state index in [1.54, 1.807) is 6.92 Å². The molecule has 0 unspecified atom stereocenters. The van der Waals surface area contributed by atoms with E-state index in [0.717, 1.165) is 0 Å². The van der Waals surface area contributed by atoms with E-state index < -0.39 is 11.7 Å². The van der Waals surface area contributed by atoms with Gasteiger partial charge in [-0.15, -0.1) is 0 Å². The first-order valence-electron chi connectivity index (χ1n) is 2.24. The van der Waals surface area contributed by atoms with Gasteiger partial charge in [0.2, 0.25) is 5.78 Å². The summed E-state index contributed by atoms with van der Waals surface area (Å²) in [6.07, 6.45) is 1.28. The Balaban J connectivity index is 2.85. The zero-order valence-corrected chi connectivity index (χ0v) is 4.39. The molecule has 0 aliphatic carbocycles. The largest absolute Gasteiger partial charge is 0.323 e. The van der Waals surface area contributed by atoms with Crippen LogP contribution in [-0.2, 0) is 9.59 Å². The van der Waals surface area contributed by atoms with Gasteiger partial charge in [-0.25, -0.2) is 0 Å². The molecular weight excluding hydrogens is 106 g/mol. The number of allylic oxidation sites excluding steroid dienone is 1. The van der Waals surface area contributed by atoms with Crippen LogP contribution >= 0.6 is 0 Å². The van der Waals surface area contributed by atoms with Gasteiger partial charge in [0, 0.05) is 11.8 Å². The van der Waals surface area contributed by atoms with Crippen LogP contribution in [0.3, 0.4) is 0 Å². The standard InChI is InChI=1S/C5H5NO2/c1-3-2-4(7)5(8)6-3/h2H,1H3,(H,6,7,8). The highest BCUT2D eigenvalue weighted by Gasteiger charge is 2.17. The maximum atomic E-state index is 10.3. The smallest absolute Gasteiger partial charge is 0.295 e. The second-order valence-corrected chi connectivity index (χ2v) is 1.65. The van der Waals surface area contributed by atoms with Gasteiger partial charge in [-0.2, -0.15) is 0 Å². The van der Waals surface area contributed by atoms with Crippen molar-refractivity contribution < 1.29 is 9.59 Å². The molecule has 1 N–H and O–H groups in total. The number of nitrogens with one attached hydrogen (secondary N) is 1. The summed E-state index contributed by atoms with van der Waals surface area (Å²) in [5.74, 6) is -0.981. The molecule has 0 aromatic heterocycles. The van der Waals surface area contributed by atoms with Crippen LogP contribution in [0.4, 0.5) is 0 Å². The van der Waals surface area contributed by atoms with Gasteiger partial charge in [0.15, 0.2) is 0 Å². The zero-order valence-electron chi connectivity index (χ0n) is 4.39. The molecule has 0 saturated heterocycles. The van der Waals surface area contributed by atoms with E-state index in [0.29, 0.717) is 5.70 Å². The fourth-order valence-electron chi connectivity index (χ4n) is 0.539. The first-order chi connectivity index (χ1) is 3.70. The van der Waals surface area contributed by atoms with Crippen LogP contribution in [0.2, 0.25) is 0 Å². The SMILES string of the molecule is CC1=CC(=O)C(=O)N1. The summed E-state index contributed by atoms with van der Waals surface area (Å²) in [5.41, 5.74) is 0.625. The number of hydrogen-bond acceptors (Lipinski definition) is 2. The van der Waals surface area contributed by atoms with Gasteiger partial charge in [-0.1, -0.05) is 0 Å².